The standard InChI is InChI=1S/C17H19N7O5S/c1-24-8-11(14(23-24)15(18)25)21-16(26)12-9-29-17(22-12)10-3-4-19-13(7-10)20-5-6-30(2,27)28/h3-4,7-9H,5-6H2,1-2H3,(H2,18,25)(H,19,20)(H,21,26). The fourth-order valence-corrected chi connectivity index (χ4v) is 2.96. The zero-order valence-corrected chi connectivity index (χ0v) is 16.9. The topological polar surface area (TPSA) is 175 Å². The summed E-state index contributed by atoms with van der Waals surface area (Å²) in [4.78, 5) is 32.1. The Morgan fingerprint density at radius 3 is 2.80 bits per heavy atom. The van der Waals surface area contributed by atoms with Crippen molar-refractivity contribution in [2.75, 3.05) is 29.2 Å². The number of primary amides is 1. The summed E-state index contributed by atoms with van der Waals surface area (Å²) < 4.78 is 29.1. The van der Waals surface area contributed by atoms with E-state index in [-0.39, 0.29) is 35.3 Å². The molecule has 4 N–H and O–H groups in total. The lowest BCUT2D eigenvalue weighted by Gasteiger charge is -2.05. The highest BCUT2D eigenvalue weighted by Crippen LogP contribution is 2.21. The molecule has 30 heavy (non-hydrogen) atoms. The molecular formula is C17H19N7O5S. The van der Waals surface area contributed by atoms with Crippen LogP contribution in [0, 0.1) is 0 Å². The quantitative estimate of drug-likeness (QED) is 0.450. The number of sulfone groups is 1. The van der Waals surface area contributed by atoms with Gasteiger partial charge in [-0.05, 0) is 12.1 Å². The van der Waals surface area contributed by atoms with Crippen molar-refractivity contribution in [3.63, 3.8) is 0 Å². The number of anilines is 2. The van der Waals surface area contributed by atoms with E-state index < -0.39 is 21.7 Å². The van der Waals surface area contributed by atoms with E-state index in [4.69, 9.17) is 10.2 Å². The second-order valence-corrected chi connectivity index (χ2v) is 8.67. The fourth-order valence-electron chi connectivity index (χ4n) is 2.48. The van der Waals surface area contributed by atoms with Gasteiger partial charge in [-0.3, -0.25) is 14.3 Å². The summed E-state index contributed by atoms with van der Waals surface area (Å²) in [7, 11) is -1.51. The molecule has 0 saturated heterocycles. The number of pyridine rings is 1. The normalized spacial score (nSPS) is 11.3. The van der Waals surface area contributed by atoms with Crippen molar-refractivity contribution in [3.05, 3.63) is 42.2 Å². The molecule has 3 rings (SSSR count). The van der Waals surface area contributed by atoms with Gasteiger partial charge in [0, 0.05) is 37.8 Å². The van der Waals surface area contributed by atoms with Gasteiger partial charge in [0.1, 0.15) is 21.9 Å². The van der Waals surface area contributed by atoms with E-state index in [0.717, 1.165) is 6.26 Å². The van der Waals surface area contributed by atoms with E-state index in [9.17, 15) is 18.0 Å². The molecule has 12 nitrogen and oxygen atoms in total. The number of nitrogens with zero attached hydrogens (tertiary/aromatic N) is 4. The minimum absolute atomic E-state index is 0.0207. The summed E-state index contributed by atoms with van der Waals surface area (Å²) in [6.07, 6.45) is 5.26. The van der Waals surface area contributed by atoms with Crippen LogP contribution < -0.4 is 16.4 Å². The molecule has 0 radical (unpaired) electrons. The number of nitrogens with one attached hydrogen (secondary N) is 2. The minimum Gasteiger partial charge on any atom is -0.444 e. The first-order valence-electron chi connectivity index (χ1n) is 8.61. The summed E-state index contributed by atoms with van der Waals surface area (Å²) in [6.45, 7) is 0.196. The van der Waals surface area contributed by atoms with Gasteiger partial charge in [-0.2, -0.15) is 5.10 Å². The summed E-state index contributed by atoms with van der Waals surface area (Å²) in [5, 5.41) is 9.31. The number of hydrogen-bond donors (Lipinski definition) is 3. The van der Waals surface area contributed by atoms with E-state index in [0.29, 0.717) is 11.4 Å². The molecule has 0 aromatic carbocycles. The van der Waals surface area contributed by atoms with Crippen LogP contribution in [0.1, 0.15) is 21.0 Å². The predicted molar refractivity (Wildman–Crippen MR) is 108 cm³/mol. The van der Waals surface area contributed by atoms with E-state index in [1.807, 2.05) is 0 Å². The Morgan fingerprint density at radius 2 is 2.10 bits per heavy atom. The third kappa shape index (κ3) is 5.20. The first kappa shape index (κ1) is 21.0. The molecule has 158 valence electrons. The molecule has 0 fully saturated rings. The first-order chi connectivity index (χ1) is 14.1. The van der Waals surface area contributed by atoms with Crippen LogP contribution in [-0.4, -0.2) is 58.5 Å². The van der Waals surface area contributed by atoms with Gasteiger partial charge in [0.2, 0.25) is 5.89 Å². The zero-order valence-electron chi connectivity index (χ0n) is 16.1. The van der Waals surface area contributed by atoms with Crippen molar-refractivity contribution in [3.8, 4) is 11.5 Å². The Morgan fingerprint density at radius 1 is 1.33 bits per heavy atom. The number of hydrogen-bond acceptors (Lipinski definition) is 9. The molecule has 0 aliphatic carbocycles. The van der Waals surface area contributed by atoms with Gasteiger partial charge < -0.3 is 20.8 Å². The monoisotopic (exact) mass is 433 g/mol. The molecule has 0 unspecified atom stereocenters. The summed E-state index contributed by atoms with van der Waals surface area (Å²) in [5.41, 5.74) is 5.84. The van der Waals surface area contributed by atoms with Crippen LogP contribution in [0.2, 0.25) is 0 Å². The number of rotatable bonds is 8. The van der Waals surface area contributed by atoms with E-state index >= 15 is 0 Å². The summed E-state index contributed by atoms with van der Waals surface area (Å²) in [6, 6.07) is 3.24. The third-order valence-corrected chi connectivity index (χ3v) is 4.78. The van der Waals surface area contributed by atoms with Gasteiger partial charge in [0.25, 0.3) is 11.8 Å². The molecule has 0 spiro atoms. The van der Waals surface area contributed by atoms with Crippen molar-refractivity contribution < 1.29 is 22.4 Å². The number of oxazole rings is 1. The first-order valence-corrected chi connectivity index (χ1v) is 10.7. The highest BCUT2D eigenvalue weighted by Gasteiger charge is 2.19. The Hall–Kier alpha value is -3.74. The Kier molecular flexibility index (Phi) is 5.82. The van der Waals surface area contributed by atoms with Crippen LogP contribution in [0.15, 0.2) is 35.2 Å². The molecule has 3 aromatic heterocycles. The average Bonchev–Trinajstić information content (AvgIpc) is 3.28. The van der Waals surface area contributed by atoms with Crippen molar-refractivity contribution in [2.24, 2.45) is 12.8 Å². The van der Waals surface area contributed by atoms with Crippen molar-refractivity contribution in [1.82, 2.24) is 19.7 Å². The second kappa shape index (κ2) is 8.32. The van der Waals surface area contributed by atoms with E-state index in [1.54, 1.807) is 19.2 Å². The number of aryl methyl sites for hydroxylation is 1. The third-order valence-electron chi connectivity index (χ3n) is 3.83. The molecule has 0 saturated carbocycles. The lowest BCUT2D eigenvalue weighted by molar-refractivity contribution is 0.0995. The molecule has 0 aliphatic heterocycles. The Balaban J connectivity index is 1.72. The highest BCUT2D eigenvalue weighted by molar-refractivity contribution is 7.90. The number of amides is 2. The zero-order chi connectivity index (χ0) is 21.9. The molecule has 0 aliphatic rings. The maximum atomic E-state index is 12.4. The average molecular weight is 433 g/mol. The number of aromatic nitrogens is 4. The fraction of sp³-hybridized carbons (Fsp3) is 0.235. The Labute approximate surface area is 171 Å². The van der Waals surface area contributed by atoms with E-state index in [1.165, 1.54) is 23.3 Å². The van der Waals surface area contributed by atoms with Crippen molar-refractivity contribution in [1.29, 1.82) is 0 Å². The lowest BCUT2D eigenvalue weighted by Crippen LogP contribution is -2.18. The van der Waals surface area contributed by atoms with Crippen LogP contribution in [0.3, 0.4) is 0 Å². The van der Waals surface area contributed by atoms with Crippen molar-refractivity contribution in [2.45, 2.75) is 0 Å². The molecular weight excluding hydrogens is 414 g/mol. The molecule has 0 atom stereocenters. The number of nitrogens with two attached hydrogens (primary N) is 1. The van der Waals surface area contributed by atoms with Crippen LogP contribution in [0.25, 0.3) is 11.5 Å². The second-order valence-electron chi connectivity index (χ2n) is 6.41. The lowest BCUT2D eigenvalue weighted by atomic mass is 10.2. The smallest absolute Gasteiger partial charge is 0.277 e. The van der Waals surface area contributed by atoms with Crippen LogP contribution >= 0.6 is 0 Å². The summed E-state index contributed by atoms with van der Waals surface area (Å²) >= 11 is 0. The SMILES string of the molecule is Cn1cc(NC(=O)c2coc(-c3ccnc(NCCS(C)(=O)=O)c3)n2)c(C(N)=O)n1. The van der Waals surface area contributed by atoms with Gasteiger partial charge in [-0.1, -0.05) is 0 Å². The molecule has 0 bridgehead atoms. The molecule has 3 aromatic rings. The maximum absolute atomic E-state index is 12.4. The minimum atomic E-state index is -3.10. The predicted octanol–water partition coefficient (Wildman–Crippen LogP) is 0.278. The summed E-state index contributed by atoms with van der Waals surface area (Å²) in [5.74, 6) is -0.832. The van der Waals surface area contributed by atoms with Crippen molar-refractivity contribution >= 4 is 33.2 Å². The van der Waals surface area contributed by atoms with Gasteiger partial charge >= 0.3 is 0 Å². The molecule has 2 amide bonds. The number of carbonyl (C=O) groups is 2. The van der Waals surface area contributed by atoms with Gasteiger partial charge in [-0.15, -0.1) is 0 Å². The van der Waals surface area contributed by atoms with E-state index in [2.05, 4.69) is 25.7 Å². The largest absolute Gasteiger partial charge is 0.444 e. The van der Waals surface area contributed by atoms with Gasteiger partial charge in [0.05, 0.1) is 11.4 Å². The maximum Gasteiger partial charge on any atom is 0.277 e. The van der Waals surface area contributed by atoms with Crippen LogP contribution in [0.4, 0.5) is 11.5 Å². The Bertz CT molecular complexity index is 1200. The van der Waals surface area contributed by atoms with Gasteiger partial charge in [0.15, 0.2) is 11.4 Å². The molecule has 3 heterocycles. The molecule has 13 heteroatoms. The number of carbonyl (C=O) groups excluding carboxylic acids is 2. The van der Waals surface area contributed by atoms with Gasteiger partial charge in [-0.25, -0.2) is 18.4 Å². The highest BCUT2D eigenvalue weighted by atomic mass is 32.2. The van der Waals surface area contributed by atoms with Crippen LogP contribution in [-0.2, 0) is 16.9 Å². The van der Waals surface area contributed by atoms with Crippen LogP contribution in [0.5, 0.6) is 0 Å².